The number of aliphatic hydroxyl groups is 1. The van der Waals surface area contributed by atoms with E-state index in [0.717, 1.165) is 16.2 Å². The second-order valence-electron chi connectivity index (χ2n) is 6.05. The molecule has 1 atom stereocenters. The molecule has 0 unspecified atom stereocenters. The third-order valence-corrected chi connectivity index (χ3v) is 5.62. The highest BCUT2D eigenvalue weighted by molar-refractivity contribution is 7.17. The molecule has 0 aliphatic heterocycles. The van der Waals surface area contributed by atoms with Crippen molar-refractivity contribution >= 4 is 16.2 Å². The van der Waals surface area contributed by atoms with Crippen LogP contribution in [0.2, 0.25) is 0 Å². The van der Waals surface area contributed by atoms with E-state index in [1.54, 1.807) is 28.5 Å². The Morgan fingerprint density at radius 2 is 2.04 bits per heavy atom. The van der Waals surface area contributed by atoms with Gasteiger partial charge in [-0.15, -0.1) is 16.4 Å². The zero-order chi connectivity index (χ0) is 16.1. The Labute approximate surface area is 142 Å². The summed E-state index contributed by atoms with van der Waals surface area (Å²) in [6.07, 6.45) is 6.96. The van der Waals surface area contributed by atoms with Crippen LogP contribution in [0.15, 0.2) is 49.1 Å². The number of aliphatic hydroxyl groups excluding tert-OH is 1. The van der Waals surface area contributed by atoms with Crippen LogP contribution in [0, 0.1) is 0 Å². The Morgan fingerprint density at radius 1 is 1.21 bits per heavy atom. The molecule has 0 saturated heterocycles. The summed E-state index contributed by atoms with van der Waals surface area (Å²) in [4.78, 5) is 6.49. The van der Waals surface area contributed by atoms with Crippen LogP contribution in [-0.2, 0) is 0 Å². The summed E-state index contributed by atoms with van der Waals surface area (Å²) in [5.74, 6) is 0.559. The highest BCUT2D eigenvalue weighted by atomic mass is 32.1. The summed E-state index contributed by atoms with van der Waals surface area (Å²) >= 11 is 1.71. The number of imidazole rings is 1. The van der Waals surface area contributed by atoms with Gasteiger partial charge < -0.3 is 5.11 Å². The molecule has 0 bridgehead atoms. The van der Waals surface area contributed by atoms with Gasteiger partial charge in [-0.2, -0.15) is 0 Å². The van der Waals surface area contributed by atoms with Gasteiger partial charge in [-0.25, -0.2) is 9.67 Å². The number of nitrogens with zero attached hydrogens (tertiary/aromatic N) is 5. The first kappa shape index (κ1) is 13.9. The Kier molecular flexibility index (Phi) is 3.04. The van der Waals surface area contributed by atoms with Gasteiger partial charge in [0.05, 0.1) is 23.8 Å². The summed E-state index contributed by atoms with van der Waals surface area (Å²) in [5.41, 5.74) is 2.35. The van der Waals surface area contributed by atoms with Gasteiger partial charge in [0.2, 0.25) is 0 Å². The third-order valence-electron chi connectivity index (χ3n) is 4.35. The quantitative estimate of drug-likeness (QED) is 0.622. The van der Waals surface area contributed by atoms with Crippen molar-refractivity contribution < 1.29 is 5.11 Å². The van der Waals surface area contributed by atoms with Crippen LogP contribution < -0.4 is 0 Å². The minimum atomic E-state index is -0.805. The van der Waals surface area contributed by atoms with Crippen molar-refractivity contribution in [3.8, 4) is 5.69 Å². The normalized spacial score (nSPS) is 15.9. The maximum absolute atomic E-state index is 11.0. The van der Waals surface area contributed by atoms with E-state index in [-0.39, 0.29) is 0 Å². The zero-order valence-electron chi connectivity index (χ0n) is 12.8. The summed E-state index contributed by atoms with van der Waals surface area (Å²) in [6.45, 7) is 0. The van der Waals surface area contributed by atoms with Gasteiger partial charge >= 0.3 is 0 Å². The molecule has 3 heterocycles. The molecule has 1 aromatic carbocycles. The maximum atomic E-state index is 11.0. The molecule has 0 spiro atoms. The van der Waals surface area contributed by atoms with Gasteiger partial charge in [-0.1, -0.05) is 23.4 Å². The van der Waals surface area contributed by atoms with Gasteiger partial charge in [-0.3, -0.25) is 4.40 Å². The van der Waals surface area contributed by atoms with E-state index in [2.05, 4.69) is 15.3 Å². The van der Waals surface area contributed by atoms with E-state index in [1.165, 1.54) is 17.7 Å². The molecule has 0 amide bonds. The van der Waals surface area contributed by atoms with E-state index in [0.29, 0.717) is 11.6 Å². The van der Waals surface area contributed by atoms with Crippen molar-refractivity contribution in [2.75, 3.05) is 0 Å². The molecule has 5 rings (SSSR count). The predicted octanol–water partition coefficient (Wildman–Crippen LogP) is 2.94. The molecule has 1 aliphatic rings. The van der Waals surface area contributed by atoms with Crippen LogP contribution in [0.25, 0.3) is 10.5 Å². The largest absolute Gasteiger partial charge is 0.380 e. The number of para-hydroxylation sites is 1. The summed E-state index contributed by atoms with van der Waals surface area (Å²) < 4.78 is 3.66. The van der Waals surface area contributed by atoms with Crippen LogP contribution in [-0.4, -0.2) is 29.5 Å². The molecule has 0 radical (unpaired) electrons. The standard InChI is InChI=1S/C17H15N5OS/c23-16(13-9-22(20-19-13)12-4-2-1-3-5-12)15-17(11-6-7-11)24-14-8-18-10-21(14)15/h1-5,8-11,16,23H,6-7H2/t16-/m0/s1. The van der Waals surface area contributed by atoms with Crippen LogP contribution >= 0.6 is 11.3 Å². The Hall–Kier alpha value is -2.51. The summed E-state index contributed by atoms with van der Waals surface area (Å²) in [5, 5.41) is 19.3. The number of hydrogen-bond acceptors (Lipinski definition) is 5. The van der Waals surface area contributed by atoms with Gasteiger partial charge in [0.25, 0.3) is 0 Å². The monoisotopic (exact) mass is 337 g/mol. The van der Waals surface area contributed by atoms with E-state index in [9.17, 15) is 5.11 Å². The van der Waals surface area contributed by atoms with Crippen LogP contribution in [0.5, 0.6) is 0 Å². The van der Waals surface area contributed by atoms with Gasteiger partial charge in [0.1, 0.15) is 23.0 Å². The lowest BCUT2D eigenvalue weighted by Gasteiger charge is -2.09. The average Bonchev–Trinajstić information content (AvgIpc) is 3.04. The zero-order valence-corrected chi connectivity index (χ0v) is 13.6. The first-order chi connectivity index (χ1) is 11.8. The van der Waals surface area contributed by atoms with Gasteiger partial charge in [0, 0.05) is 4.88 Å². The molecule has 1 N–H and O–H groups in total. The van der Waals surface area contributed by atoms with E-state index >= 15 is 0 Å². The molecule has 6 nitrogen and oxygen atoms in total. The highest BCUT2D eigenvalue weighted by Crippen LogP contribution is 2.47. The van der Waals surface area contributed by atoms with Crippen LogP contribution in [0.1, 0.15) is 41.1 Å². The van der Waals surface area contributed by atoms with Crippen molar-refractivity contribution in [1.29, 1.82) is 0 Å². The summed E-state index contributed by atoms with van der Waals surface area (Å²) in [6, 6.07) is 9.77. The summed E-state index contributed by atoms with van der Waals surface area (Å²) in [7, 11) is 0. The lowest BCUT2D eigenvalue weighted by Crippen LogP contribution is -2.06. The lowest BCUT2D eigenvalue weighted by molar-refractivity contribution is 0.208. The van der Waals surface area contributed by atoms with E-state index in [1.807, 2.05) is 40.9 Å². The molecule has 24 heavy (non-hydrogen) atoms. The van der Waals surface area contributed by atoms with Crippen molar-refractivity contribution in [3.05, 3.63) is 65.3 Å². The van der Waals surface area contributed by atoms with E-state index in [4.69, 9.17) is 0 Å². The van der Waals surface area contributed by atoms with Crippen molar-refractivity contribution in [1.82, 2.24) is 24.4 Å². The third kappa shape index (κ3) is 2.16. The Bertz CT molecular complexity index is 999. The molecular weight excluding hydrogens is 322 g/mol. The fourth-order valence-electron chi connectivity index (χ4n) is 2.98. The first-order valence-electron chi connectivity index (χ1n) is 7.91. The molecule has 4 aromatic rings. The number of rotatable bonds is 4. The molecule has 3 aromatic heterocycles. The van der Waals surface area contributed by atoms with Crippen molar-refractivity contribution in [2.24, 2.45) is 0 Å². The predicted molar refractivity (Wildman–Crippen MR) is 90.5 cm³/mol. The fraction of sp³-hybridized carbons (Fsp3) is 0.235. The minimum Gasteiger partial charge on any atom is -0.380 e. The number of aromatic nitrogens is 5. The lowest BCUT2D eigenvalue weighted by atomic mass is 10.1. The van der Waals surface area contributed by atoms with Crippen molar-refractivity contribution in [3.63, 3.8) is 0 Å². The average molecular weight is 337 g/mol. The first-order valence-corrected chi connectivity index (χ1v) is 8.73. The number of hydrogen-bond donors (Lipinski definition) is 1. The maximum Gasteiger partial charge on any atom is 0.141 e. The number of fused-ring (bicyclic) bond motifs is 1. The smallest absolute Gasteiger partial charge is 0.141 e. The molecular formula is C17H15N5OS. The molecule has 1 aliphatic carbocycles. The molecule has 120 valence electrons. The SMILES string of the molecule is O[C@@H](c1cn(-c2ccccc2)nn1)c1c(C2CC2)sc2cncn12. The molecule has 1 saturated carbocycles. The van der Waals surface area contributed by atoms with Gasteiger partial charge in [-0.05, 0) is 30.9 Å². The fourth-order valence-corrected chi connectivity index (χ4v) is 4.28. The molecule has 1 fully saturated rings. The second kappa shape index (κ2) is 5.25. The topological polar surface area (TPSA) is 68.2 Å². The molecule has 7 heteroatoms. The van der Waals surface area contributed by atoms with E-state index < -0.39 is 6.10 Å². The number of benzene rings is 1. The van der Waals surface area contributed by atoms with Crippen LogP contribution in [0.3, 0.4) is 0 Å². The minimum absolute atomic E-state index is 0.550. The van der Waals surface area contributed by atoms with Crippen molar-refractivity contribution in [2.45, 2.75) is 24.9 Å². The Balaban J connectivity index is 1.57. The Morgan fingerprint density at radius 3 is 2.83 bits per heavy atom. The van der Waals surface area contributed by atoms with Crippen LogP contribution in [0.4, 0.5) is 0 Å². The highest BCUT2D eigenvalue weighted by Gasteiger charge is 2.33. The van der Waals surface area contributed by atoms with Gasteiger partial charge in [0.15, 0.2) is 0 Å². The number of thiazole rings is 1. The second-order valence-corrected chi connectivity index (χ2v) is 7.12.